The summed E-state index contributed by atoms with van der Waals surface area (Å²) in [6, 6.07) is 14.2. The van der Waals surface area contributed by atoms with Crippen molar-refractivity contribution in [3.8, 4) is 17.1 Å². The molecule has 6 heteroatoms. The molecule has 4 rings (SSSR count). The Balaban J connectivity index is 1.28. The van der Waals surface area contributed by atoms with Crippen LogP contribution in [0.4, 0.5) is 4.39 Å². The quantitative estimate of drug-likeness (QED) is 0.528. The molecular formula is C24H25FN2O3. The van der Waals surface area contributed by atoms with E-state index in [-0.39, 0.29) is 11.7 Å². The maximum absolute atomic E-state index is 13.2. The highest BCUT2D eigenvalue weighted by Crippen LogP contribution is 2.30. The first kappa shape index (κ1) is 20.1. The Morgan fingerprint density at radius 1 is 1.17 bits per heavy atom. The van der Waals surface area contributed by atoms with Crippen LogP contribution in [0.5, 0.6) is 5.75 Å². The van der Waals surface area contributed by atoms with Crippen molar-refractivity contribution in [3.05, 3.63) is 71.2 Å². The lowest BCUT2D eigenvalue weighted by molar-refractivity contribution is -0.132. The SMILES string of the molecule is CCc1ccc(OCCCC(=O)N2CCc3c(noc3-c3ccc(F)cc3)C2)cc1. The number of rotatable bonds is 7. The number of ether oxygens (including phenoxy) is 1. The lowest BCUT2D eigenvalue weighted by Gasteiger charge is -2.26. The van der Waals surface area contributed by atoms with Crippen LogP contribution < -0.4 is 4.74 Å². The van der Waals surface area contributed by atoms with Crippen molar-refractivity contribution in [2.24, 2.45) is 0 Å². The molecule has 1 aliphatic rings. The molecule has 0 radical (unpaired) electrons. The third-order valence-corrected chi connectivity index (χ3v) is 5.44. The molecule has 1 amide bonds. The summed E-state index contributed by atoms with van der Waals surface area (Å²) >= 11 is 0. The molecule has 1 aromatic heterocycles. The van der Waals surface area contributed by atoms with E-state index in [0.29, 0.717) is 44.7 Å². The molecule has 0 spiro atoms. The lowest BCUT2D eigenvalue weighted by atomic mass is 10.0. The van der Waals surface area contributed by atoms with Gasteiger partial charge in [-0.05, 0) is 61.2 Å². The van der Waals surface area contributed by atoms with Crippen molar-refractivity contribution in [1.82, 2.24) is 10.1 Å². The summed E-state index contributed by atoms with van der Waals surface area (Å²) in [6.45, 7) is 3.70. The fourth-order valence-corrected chi connectivity index (χ4v) is 3.66. The minimum absolute atomic E-state index is 0.0944. The molecule has 0 atom stereocenters. The van der Waals surface area contributed by atoms with E-state index in [9.17, 15) is 9.18 Å². The van der Waals surface area contributed by atoms with Crippen LogP contribution in [0.1, 0.15) is 36.6 Å². The first-order chi connectivity index (χ1) is 14.6. The molecule has 2 heterocycles. The minimum Gasteiger partial charge on any atom is -0.494 e. The van der Waals surface area contributed by atoms with Crippen LogP contribution in [0.25, 0.3) is 11.3 Å². The predicted octanol–water partition coefficient (Wildman–Crippen LogP) is 4.79. The van der Waals surface area contributed by atoms with Gasteiger partial charge in [0.05, 0.1) is 13.2 Å². The number of amides is 1. The van der Waals surface area contributed by atoms with E-state index in [1.165, 1.54) is 17.7 Å². The van der Waals surface area contributed by atoms with Crippen molar-refractivity contribution >= 4 is 5.91 Å². The lowest BCUT2D eigenvalue weighted by Crippen LogP contribution is -2.36. The number of carbonyl (C=O) groups excluding carboxylic acids is 1. The standard InChI is InChI=1S/C24H25FN2O3/c1-2-17-5-11-20(12-6-17)29-15-3-4-23(28)27-14-13-21-22(16-27)26-30-24(21)18-7-9-19(25)10-8-18/h5-12H,2-4,13-16H2,1H3. The number of nitrogens with zero attached hydrogens (tertiary/aromatic N) is 2. The van der Waals surface area contributed by atoms with Gasteiger partial charge in [-0.2, -0.15) is 0 Å². The second-order valence-corrected chi connectivity index (χ2v) is 7.46. The Morgan fingerprint density at radius 3 is 2.67 bits per heavy atom. The van der Waals surface area contributed by atoms with E-state index in [1.807, 2.05) is 17.0 Å². The highest BCUT2D eigenvalue weighted by molar-refractivity contribution is 5.76. The van der Waals surface area contributed by atoms with Gasteiger partial charge in [0.2, 0.25) is 5.91 Å². The van der Waals surface area contributed by atoms with Gasteiger partial charge in [0, 0.05) is 24.1 Å². The Morgan fingerprint density at radius 2 is 1.93 bits per heavy atom. The Hall–Kier alpha value is -3.15. The van der Waals surface area contributed by atoms with Crippen molar-refractivity contribution in [3.63, 3.8) is 0 Å². The van der Waals surface area contributed by atoms with E-state index in [2.05, 4.69) is 24.2 Å². The van der Waals surface area contributed by atoms with Gasteiger partial charge in [0.25, 0.3) is 0 Å². The van der Waals surface area contributed by atoms with Gasteiger partial charge in [0.1, 0.15) is 17.3 Å². The van der Waals surface area contributed by atoms with E-state index in [1.54, 1.807) is 12.1 Å². The molecule has 0 fully saturated rings. The van der Waals surface area contributed by atoms with Crippen LogP contribution in [-0.4, -0.2) is 29.1 Å². The van der Waals surface area contributed by atoms with Crippen LogP contribution >= 0.6 is 0 Å². The topological polar surface area (TPSA) is 55.6 Å². The summed E-state index contributed by atoms with van der Waals surface area (Å²) in [5, 5.41) is 4.15. The molecule has 0 aliphatic carbocycles. The predicted molar refractivity (Wildman–Crippen MR) is 112 cm³/mol. The number of hydrogen-bond donors (Lipinski definition) is 0. The summed E-state index contributed by atoms with van der Waals surface area (Å²) in [5.74, 6) is 1.31. The molecule has 156 valence electrons. The van der Waals surface area contributed by atoms with Gasteiger partial charge in [-0.15, -0.1) is 0 Å². The summed E-state index contributed by atoms with van der Waals surface area (Å²) in [7, 11) is 0. The number of carbonyl (C=O) groups is 1. The number of hydrogen-bond acceptors (Lipinski definition) is 4. The smallest absolute Gasteiger partial charge is 0.223 e. The number of halogens is 1. The van der Waals surface area contributed by atoms with Crippen molar-refractivity contribution in [2.75, 3.05) is 13.2 Å². The molecule has 0 saturated carbocycles. The molecule has 0 saturated heterocycles. The van der Waals surface area contributed by atoms with Gasteiger partial charge in [0.15, 0.2) is 5.76 Å². The largest absolute Gasteiger partial charge is 0.494 e. The Labute approximate surface area is 175 Å². The molecule has 0 N–H and O–H groups in total. The highest BCUT2D eigenvalue weighted by atomic mass is 19.1. The molecule has 0 bridgehead atoms. The fraction of sp³-hybridized carbons (Fsp3) is 0.333. The molecule has 30 heavy (non-hydrogen) atoms. The zero-order chi connectivity index (χ0) is 20.9. The molecule has 3 aromatic rings. The Bertz CT molecular complexity index is 996. The zero-order valence-electron chi connectivity index (χ0n) is 17.1. The third kappa shape index (κ3) is 4.53. The van der Waals surface area contributed by atoms with Crippen molar-refractivity contribution in [2.45, 2.75) is 39.2 Å². The normalized spacial score (nSPS) is 13.2. The first-order valence-electron chi connectivity index (χ1n) is 10.4. The van der Waals surface area contributed by atoms with E-state index in [4.69, 9.17) is 9.26 Å². The molecule has 5 nitrogen and oxygen atoms in total. The van der Waals surface area contributed by atoms with Crippen molar-refractivity contribution < 1.29 is 18.4 Å². The minimum atomic E-state index is -0.286. The van der Waals surface area contributed by atoms with Gasteiger partial charge in [-0.25, -0.2) is 4.39 Å². The second kappa shape index (κ2) is 9.11. The van der Waals surface area contributed by atoms with Gasteiger partial charge >= 0.3 is 0 Å². The van der Waals surface area contributed by atoms with Crippen LogP contribution in [0.2, 0.25) is 0 Å². The van der Waals surface area contributed by atoms with E-state index < -0.39 is 0 Å². The molecular weight excluding hydrogens is 383 g/mol. The van der Waals surface area contributed by atoms with Crippen LogP contribution in [0.15, 0.2) is 53.1 Å². The highest BCUT2D eigenvalue weighted by Gasteiger charge is 2.27. The summed E-state index contributed by atoms with van der Waals surface area (Å²) in [6.07, 6.45) is 2.78. The van der Waals surface area contributed by atoms with Crippen LogP contribution in [0.3, 0.4) is 0 Å². The molecule has 0 unspecified atom stereocenters. The monoisotopic (exact) mass is 408 g/mol. The van der Waals surface area contributed by atoms with Gasteiger partial charge in [-0.3, -0.25) is 4.79 Å². The number of aryl methyl sites for hydroxylation is 1. The van der Waals surface area contributed by atoms with Crippen LogP contribution in [-0.2, 0) is 24.2 Å². The summed E-state index contributed by atoms with van der Waals surface area (Å²) < 4.78 is 24.4. The maximum atomic E-state index is 13.2. The Kier molecular flexibility index (Phi) is 6.12. The number of aromatic nitrogens is 1. The van der Waals surface area contributed by atoms with Gasteiger partial charge < -0.3 is 14.2 Å². The molecule has 1 aliphatic heterocycles. The van der Waals surface area contributed by atoms with Crippen molar-refractivity contribution in [1.29, 1.82) is 0 Å². The molecule has 2 aromatic carbocycles. The number of benzene rings is 2. The van der Waals surface area contributed by atoms with Crippen LogP contribution in [0, 0.1) is 5.82 Å². The summed E-state index contributed by atoms with van der Waals surface area (Å²) in [5.41, 5.74) is 3.86. The van der Waals surface area contributed by atoms with Gasteiger partial charge in [-0.1, -0.05) is 24.2 Å². The average molecular weight is 408 g/mol. The van der Waals surface area contributed by atoms with E-state index in [0.717, 1.165) is 29.0 Å². The maximum Gasteiger partial charge on any atom is 0.223 e. The van der Waals surface area contributed by atoms with E-state index >= 15 is 0 Å². The average Bonchev–Trinajstić information content (AvgIpc) is 3.21. The summed E-state index contributed by atoms with van der Waals surface area (Å²) in [4.78, 5) is 14.4. The first-order valence-corrected chi connectivity index (χ1v) is 10.4. The second-order valence-electron chi connectivity index (χ2n) is 7.46. The zero-order valence-corrected chi connectivity index (χ0v) is 17.1. The third-order valence-electron chi connectivity index (χ3n) is 5.44. The number of fused-ring (bicyclic) bond motifs is 1. The fourth-order valence-electron chi connectivity index (χ4n) is 3.66.